The van der Waals surface area contributed by atoms with Gasteiger partial charge in [0.05, 0.1) is 5.69 Å². The van der Waals surface area contributed by atoms with Gasteiger partial charge in [0.15, 0.2) is 0 Å². The van der Waals surface area contributed by atoms with E-state index in [1.165, 1.54) is 11.3 Å². The molecule has 0 spiro atoms. The Balaban J connectivity index is 0.000000720. The summed E-state index contributed by atoms with van der Waals surface area (Å²) in [6, 6.07) is 0. The number of hydrogen-bond donors (Lipinski definition) is 1. The first kappa shape index (κ1) is 10.0. The highest BCUT2D eigenvalue weighted by Gasteiger charge is 2.16. The van der Waals surface area contributed by atoms with Crippen LogP contribution < -0.4 is 5.32 Å². The quantitative estimate of drug-likeness (QED) is 0.753. The molecule has 1 aromatic rings. The van der Waals surface area contributed by atoms with Gasteiger partial charge in [0.25, 0.3) is 0 Å². The third-order valence-electron chi connectivity index (χ3n) is 2.07. The molecule has 1 aliphatic rings. The second kappa shape index (κ2) is 3.77. The lowest BCUT2D eigenvalue weighted by Gasteiger charge is -2.13. The van der Waals surface area contributed by atoms with Crippen molar-refractivity contribution in [2.24, 2.45) is 7.05 Å². The van der Waals surface area contributed by atoms with Gasteiger partial charge in [0.1, 0.15) is 4.60 Å². The molecule has 12 heavy (non-hydrogen) atoms. The van der Waals surface area contributed by atoms with Crippen LogP contribution in [0.1, 0.15) is 11.3 Å². The Hall–Kier alpha value is -0.0600. The van der Waals surface area contributed by atoms with Crippen LogP contribution in [-0.4, -0.2) is 16.3 Å². The molecule has 0 fully saturated rings. The van der Waals surface area contributed by atoms with Crippen molar-refractivity contribution >= 4 is 28.3 Å². The molecule has 5 heteroatoms. The first-order valence-electron chi connectivity index (χ1n) is 3.70. The molecule has 1 aromatic heterocycles. The molecule has 0 bridgehead atoms. The van der Waals surface area contributed by atoms with Crippen LogP contribution in [0.25, 0.3) is 0 Å². The van der Waals surface area contributed by atoms with Gasteiger partial charge in [0.2, 0.25) is 0 Å². The van der Waals surface area contributed by atoms with Crippen molar-refractivity contribution in [2.45, 2.75) is 13.0 Å². The van der Waals surface area contributed by atoms with E-state index >= 15 is 0 Å². The van der Waals surface area contributed by atoms with E-state index in [-0.39, 0.29) is 12.4 Å². The second-order valence-corrected chi connectivity index (χ2v) is 3.52. The first-order valence-corrected chi connectivity index (χ1v) is 4.49. The van der Waals surface area contributed by atoms with Gasteiger partial charge >= 0.3 is 0 Å². The van der Waals surface area contributed by atoms with Crippen LogP contribution in [0.4, 0.5) is 0 Å². The number of fused-ring (bicyclic) bond motifs is 1. The largest absolute Gasteiger partial charge is 0.311 e. The summed E-state index contributed by atoms with van der Waals surface area (Å²) in [4.78, 5) is 0. The Kier molecular flexibility index (Phi) is 3.15. The molecule has 68 valence electrons. The van der Waals surface area contributed by atoms with E-state index in [1.807, 2.05) is 11.7 Å². The zero-order chi connectivity index (χ0) is 7.84. The summed E-state index contributed by atoms with van der Waals surface area (Å²) in [6.07, 6.45) is 1.09. The fourth-order valence-corrected chi connectivity index (χ4v) is 2.12. The molecule has 2 heterocycles. The highest BCUT2D eigenvalue weighted by atomic mass is 79.9. The van der Waals surface area contributed by atoms with Gasteiger partial charge in [-0.15, -0.1) is 12.4 Å². The number of aryl methyl sites for hydroxylation is 1. The maximum atomic E-state index is 4.29. The van der Waals surface area contributed by atoms with Crippen LogP contribution in [-0.2, 0) is 20.0 Å². The Bertz CT molecular complexity index is 258. The molecule has 2 rings (SSSR count). The minimum absolute atomic E-state index is 0. The molecule has 1 N–H and O–H groups in total. The molecule has 0 saturated heterocycles. The lowest BCUT2D eigenvalue weighted by atomic mass is 10.1. The number of hydrogen-bond acceptors (Lipinski definition) is 2. The normalized spacial score (nSPS) is 15.2. The fraction of sp³-hybridized carbons (Fsp3) is 0.571. The number of halogens is 2. The summed E-state index contributed by atoms with van der Waals surface area (Å²) in [5, 5.41) is 7.60. The average molecular weight is 253 g/mol. The van der Waals surface area contributed by atoms with Crippen LogP contribution in [0.3, 0.4) is 0 Å². The van der Waals surface area contributed by atoms with Gasteiger partial charge in [0, 0.05) is 19.2 Å². The summed E-state index contributed by atoms with van der Waals surface area (Å²) in [7, 11) is 1.98. The molecule has 0 aliphatic carbocycles. The van der Waals surface area contributed by atoms with Gasteiger partial charge in [-0.2, -0.15) is 5.10 Å². The molecule has 0 amide bonds. The van der Waals surface area contributed by atoms with E-state index in [2.05, 4.69) is 26.3 Å². The van der Waals surface area contributed by atoms with Crippen molar-refractivity contribution in [3.05, 3.63) is 15.9 Å². The maximum absolute atomic E-state index is 4.29. The van der Waals surface area contributed by atoms with E-state index in [0.29, 0.717) is 0 Å². The van der Waals surface area contributed by atoms with Gasteiger partial charge in [-0.05, 0) is 28.9 Å². The van der Waals surface area contributed by atoms with E-state index in [9.17, 15) is 0 Å². The van der Waals surface area contributed by atoms with E-state index in [4.69, 9.17) is 0 Å². The Morgan fingerprint density at radius 3 is 3.00 bits per heavy atom. The molecule has 0 aromatic carbocycles. The van der Waals surface area contributed by atoms with Gasteiger partial charge in [-0.1, -0.05) is 0 Å². The van der Waals surface area contributed by atoms with Crippen molar-refractivity contribution in [2.75, 3.05) is 6.54 Å². The van der Waals surface area contributed by atoms with Crippen molar-refractivity contribution in [1.29, 1.82) is 0 Å². The maximum Gasteiger partial charge on any atom is 0.131 e. The lowest BCUT2D eigenvalue weighted by Crippen LogP contribution is -2.24. The second-order valence-electron chi connectivity index (χ2n) is 2.77. The standard InChI is InChI=1S/C7H10BrN3.ClH/c1-11-6-4-9-3-2-5(6)7(8)10-11;/h9H,2-4H2,1H3;1H. The summed E-state index contributed by atoms with van der Waals surface area (Å²) >= 11 is 3.44. The Morgan fingerprint density at radius 2 is 2.33 bits per heavy atom. The van der Waals surface area contributed by atoms with Crippen molar-refractivity contribution in [1.82, 2.24) is 15.1 Å². The fourth-order valence-electron chi connectivity index (χ4n) is 1.46. The number of nitrogens with zero attached hydrogens (tertiary/aromatic N) is 2. The number of aromatic nitrogens is 2. The number of rotatable bonds is 0. The Morgan fingerprint density at radius 1 is 1.58 bits per heavy atom. The summed E-state index contributed by atoms with van der Waals surface area (Å²) in [5.41, 5.74) is 2.68. The zero-order valence-electron chi connectivity index (χ0n) is 6.80. The molecular formula is C7H11BrClN3. The zero-order valence-corrected chi connectivity index (χ0v) is 9.20. The molecular weight excluding hydrogens is 241 g/mol. The lowest BCUT2D eigenvalue weighted by molar-refractivity contribution is 0.593. The third-order valence-corrected chi connectivity index (χ3v) is 2.71. The molecule has 0 unspecified atom stereocenters. The van der Waals surface area contributed by atoms with Crippen LogP contribution in [0.5, 0.6) is 0 Å². The molecule has 1 aliphatic heterocycles. The minimum atomic E-state index is 0. The Labute approximate surface area is 86.1 Å². The topological polar surface area (TPSA) is 29.9 Å². The number of nitrogens with one attached hydrogen (secondary N) is 1. The monoisotopic (exact) mass is 251 g/mol. The van der Waals surface area contributed by atoms with Gasteiger partial charge in [-0.25, -0.2) is 0 Å². The summed E-state index contributed by atoms with van der Waals surface area (Å²) in [5.74, 6) is 0. The minimum Gasteiger partial charge on any atom is -0.311 e. The van der Waals surface area contributed by atoms with Crippen LogP contribution in [0, 0.1) is 0 Å². The smallest absolute Gasteiger partial charge is 0.131 e. The van der Waals surface area contributed by atoms with Crippen LogP contribution in [0.15, 0.2) is 4.60 Å². The van der Waals surface area contributed by atoms with E-state index < -0.39 is 0 Å². The molecule has 0 radical (unpaired) electrons. The predicted molar refractivity (Wildman–Crippen MR) is 53.6 cm³/mol. The van der Waals surface area contributed by atoms with E-state index in [1.54, 1.807) is 0 Å². The SMILES string of the molecule is Cl.Cn1nc(Br)c2c1CNCC2. The van der Waals surface area contributed by atoms with Crippen molar-refractivity contribution in [3.8, 4) is 0 Å². The first-order chi connectivity index (χ1) is 5.29. The molecule has 0 saturated carbocycles. The predicted octanol–water partition coefficient (Wildman–Crippen LogP) is 1.25. The average Bonchev–Trinajstić information content (AvgIpc) is 2.30. The summed E-state index contributed by atoms with van der Waals surface area (Å²) in [6.45, 7) is 2.02. The highest BCUT2D eigenvalue weighted by molar-refractivity contribution is 9.10. The highest BCUT2D eigenvalue weighted by Crippen LogP contribution is 2.21. The van der Waals surface area contributed by atoms with Crippen LogP contribution in [0.2, 0.25) is 0 Å². The molecule has 0 atom stereocenters. The molecule has 3 nitrogen and oxygen atoms in total. The summed E-state index contributed by atoms with van der Waals surface area (Å²) < 4.78 is 2.95. The third kappa shape index (κ3) is 1.51. The van der Waals surface area contributed by atoms with Gasteiger partial charge < -0.3 is 5.32 Å². The van der Waals surface area contributed by atoms with Crippen LogP contribution >= 0.6 is 28.3 Å². The van der Waals surface area contributed by atoms with Crippen molar-refractivity contribution < 1.29 is 0 Å². The van der Waals surface area contributed by atoms with E-state index in [0.717, 1.165) is 24.1 Å². The van der Waals surface area contributed by atoms with Gasteiger partial charge in [-0.3, -0.25) is 4.68 Å². The van der Waals surface area contributed by atoms with Crippen molar-refractivity contribution in [3.63, 3.8) is 0 Å².